The van der Waals surface area contributed by atoms with E-state index in [1.807, 2.05) is 30.5 Å². The van der Waals surface area contributed by atoms with Crippen molar-refractivity contribution in [2.75, 3.05) is 31.0 Å². The first kappa shape index (κ1) is 22.3. The van der Waals surface area contributed by atoms with E-state index in [9.17, 15) is 17.6 Å². The first-order chi connectivity index (χ1) is 15.4. The zero-order valence-electron chi connectivity index (χ0n) is 17.9. The quantitative estimate of drug-likeness (QED) is 0.571. The maximum absolute atomic E-state index is 13.2. The van der Waals surface area contributed by atoms with Gasteiger partial charge in [0.15, 0.2) is 0 Å². The predicted molar refractivity (Wildman–Crippen MR) is 123 cm³/mol. The molecule has 0 saturated carbocycles. The monoisotopic (exact) mass is 458 g/mol. The lowest BCUT2D eigenvalue weighted by atomic mass is 9.99. The van der Waals surface area contributed by atoms with Crippen LogP contribution in [0.1, 0.15) is 18.4 Å². The maximum atomic E-state index is 13.2. The van der Waals surface area contributed by atoms with E-state index in [4.69, 9.17) is 0 Å². The lowest BCUT2D eigenvalue weighted by molar-refractivity contribution is -0.126. The number of halogens is 1. The summed E-state index contributed by atoms with van der Waals surface area (Å²) in [6, 6.07) is 13.3. The zero-order chi connectivity index (χ0) is 22.7. The second-order valence-electron chi connectivity index (χ2n) is 8.05. The van der Waals surface area contributed by atoms with E-state index in [0.717, 1.165) is 20.8 Å². The van der Waals surface area contributed by atoms with Crippen LogP contribution in [-0.4, -0.2) is 50.3 Å². The molecule has 1 amide bonds. The van der Waals surface area contributed by atoms with Gasteiger partial charge in [0.25, 0.3) is 0 Å². The third-order valence-corrected chi connectivity index (χ3v) is 7.87. The fraction of sp³-hybridized carbons (Fsp3) is 0.348. The molecule has 170 valence electrons. The van der Waals surface area contributed by atoms with Crippen molar-refractivity contribution in [1.82, 2.24) is 14.6 Å². The topological polar surface area (TPSA) is 85.5 Å². The Morgan fingerprint density at radius 3 is 2.75 bits per heavy atom. The van der Waals surface area contributed by atoms with Crippen LogP contribution in [0, 0.1) is 11.7 Å². The average molecular weight is 459 g/mol. The Morgan fingerprint density at radius 2 is 1.97 bits per heavy atom. The van der Waals surface area contributed by atoms with Gasteiger partial charge in [0.05, 0.1) is 11.6 Å². The van der Waals surface area contributed by atoms with E-state index in [1.54, 1.807) is 0 Å². The van der Waals surface area contributed by atoms with E-state index >= 15 is 0 Å². The Morgan fingerprint density at radius 1 is 1.22 bits per heavy atom. The fourth-order valence-electron chi connectivity index (χ4n) is 4.13. The summed E-state index contributed by atoms with van der Waals surface area (Å²) >= 11 is 0. The number of amides is 1. The summed E-state index contributed by atoms with van der Waals surface area (Å²) in [5.41, 5.74) is 2.57. The Balaban J connectivity index is 1.35. The van der Waals surface area contributed by atoms with Crippen LogP contribution in [0.3, 0.4) is 0 Å². The SMILES string of the molecule is CN(c1ccc(F)cc1)S(=O)(=O)N1CCC[C@@H](C(=O)NCCc2c[nH]c3ccccc23)C1. The Bertz CT molecular complexity index is 1190. The van der Waals surface area contributed by atoms with Gasteiger partial charge in [-0.25, -0.2) is 4.39 Å². The minimum atomic E-state index is -3.81. The first-order valence-corrected chi connectivity index (χ1v) is 12.1. The molecule has 1 aliphatic heterocycles. The van der Waals surface area contributed by atoms with Crippen molar-refractivity contribution in [1.29, 1.82) is 0 Å². The molecule has 0 unspecified atom stereocenters. The Kier molecular flexibility index (Phi) is 6.48. The number of nitrogens with zero attached hydrogens (tertiary/aromatic N) is 2. The van der Waals surface area contributed by atoms with Gasteiger partial charge in [0.1, 0.15) is 5.82 Å². The number of para-hydroxylation sites is 1. The molecule has 2 heterocycles. The summed E-state index contributed by atoms with van der Waals surface area (Å²) in [4.78, 5) is 16.0. The number of hydrogen-bond acceptors (Lipinski definition) is 3. The minimum absolute atomic E-state index is 0.130. The Labute approximate surface area is 187 Å². The van der Waals surface area contributed by atoms with Crippen molar-refractivity contribution in [3.63, 3.8) is 0 Å². The van der Waals surface area contributed by atoms with Crippen LogP contribution in [0.5, 0.6) is 0 Å². The molecule has 2 N–H and O–H groups in total. The highest BCUT2D eigenvalue weighted by atomic mass is 32.2. The van der Waals surface area contributed by atoms with Crippen LogP contribution in [-0.2, 0) is 21.4 Å². The van der Waals surface area contributed by atoms with Crippen LogP contribution in [0.2, 0.25) is 0 Å². The molecule has 1 fully saturated rings. The van der Waals surface area contributed by atoms with Gasteiger partial charge >= 0.3 is 10.2 Å². The molecular formula is C23H27FN4O3S. The molecule has 7 nitrogen and oxygen atoms in total. The molecule has 0 spiro atoms. The number of anilines is 1. The second-order valence-corrected chi connectivity index (χ2v) is 10.0. The van der Waals surface area contributed by atoms with Crippen molar-refractivity contribution in [2.24, 2.45) is 5.92 Å². The van der Waals surface area contributed by atoms with Gasteiger partial charge in [-0.05, 0) is 55.2 Å². The highest BCUT2D eigenvalue weighted by Crippen LogP contribution is 2.24. The van der Waals surface area contributed by atoms with Crippen molar-refractivity contribution >= 4 is 32.7 Å². The van der Waals surface area contributed by atoms with Gasteiger partial charge in [-0.2, -0.15) is 12.7 Å². The number of aromatic nitrogens is 1. The molecule has 0 radical (unpaired) electrons. The standard InChI is InChI=1S/C23H27FN4O3S/c1-27(20-10-8-19(24)9-11-20)32(30,31)28-14-4-5-18(16-28)23(29)25-13-12-17-15-26-22-7-3-2-6-21(17)22/h2-3,6-11,15,18,26H,4-5,12-14,16H2,1H3,(H,25,29)/t18-/m1/s1. The zero-order valence-corrected chi connectivity index (χ0v) is 18.7. The number of piperidine rings is 1. The number of nitrogens with one attached hydrogen (secondary N) is 2. The summed E-state index contributed by atoms with van der Waals surface area (Å²) in [5, 5.41) is 4.10. The number of carbonyl (C=O) groups is 1. The van der Waals surface area contributed by atoms with E-state index in [-0.39, 0.29) is 12.5 Å². The van der Waals surface area contributed by atoms with E-state index < -0.39 is 21.9 Å². The number of fused-ring (bicyclic) bond motifs is 1. The van der Waals surface area contributed by atoms with Crippen molar-refractivity contribution < 1.29 is 17.6 Å². The molecule has 3 aromatic rings. The number of aromatic amines is 1. The van der Waals surface area contributed by atoms with Gasteiger partial charge in [-0.15, -0.1) is 0 Å². The molecule has 4 rings (SSSR count). The van der Waals surface area contributed by atoms with Crippen molar-refractivity contribution in [2.45, 2.75) is 19.3 Å². The van der Waals surface area contributed by atoms with Crippen LogP contribution in [0.4, 0.5) is 10.1 Å². The Hall–Kier alpha value is -2.91. The third-order valence-electron chi connectivity index (χ3n) is 5.99. The predicted octanol–water partition coefficient (Wildman–Crippen LogP) is 3.06. The summed E-state index contributed by atoms with van der Waals surface area (Å²) in [5.74, 6) is -0.959. The van der Waals surface area contributed by atoms with E-state index in [1.165, 1.54) is 35.6 Å². The molecular weight excluding hydrogens is 431 g/mol. The average Bonchev–Trinajstić information content (AvgIpc) is 3.22. The van der Waals surface area contributed by atoms with Gasteiger partial charge < -0.3 is 10.3 Å². The maximum Gasteiger partial charge on any atom is 0.303 e. The van der Waals surface area contributed by atoms with E-state index in [0.29, 0.717) is 38.0 Å². The minimum Gasteiger partial charge on any atom is -0.361 e. The molecule has 1 atom stereocenters. The highest BCUT2D eigenvalue weighted by molar-refractivity contribution is 7.90. The highest BCUT2D eigenvalue weighted by Gasteiger charge is 2.34. The third kappa shape index (κ3) is 4.63. The van der Waals surface area contributed by atoms with Gasteiger partial charge in [0.2, 0.25) is 5.91 Å². The van der Waals surface area contributed by atoms with Crippen LogP contribution in [0.25, 0.3) is 10.9 Å². The number of rotatable bonds is 7. The first-order valence-electron chi connectivity index (χ1n) is 10.7. The van der Waals surface area contributed by atoms with Crippen LogP contribution in [0.15, 0.2) is 54.7 Å². The molecule has 2 aromatic carbocycles. The molecule has 9 heteroatoms. The lowest BCUT2D eigenvalue weighted by Crippen LogP contribution is -2.49. The number of carbonyl (C=O) groups excluding carboxylic acids is 1. The van der Waals surface area contributed by atoms with Gasteiger partial charge in [-0.1, -0.05) is 18.2 Å². The second kappa shape index (κ2) is 9.30. The summed E-state index contributed by atoms with van der Waals surface area (Å²) < 4.78 is 41.8. The number of benzene rings is 2. The normalized spacial score (nSPS) is 17.4. The molecule has 1 aromatic heterocycles. The molecule has 0 bridgehead atoms. The van der Waals surface area contributed by atoms with Gasteiger partial charge in [0, 0.05) is 43.8 Å². The number of H-pyrrole nitrogens is 1. The largest absolute Gasteiger partial charge is 0.361 e. The molecule has 1 aliphatic rings. The van der Waals surface area contributed by atoms with Crippen molar-refractivity contribution in [3.8, 4) is 0 Å². The van der Waals surface area contributed by atoms with Crippen LogP contribution < -0.4 is 9.62 Å². The lowest BCUT2D eigenvalue weighted by Gasteiger charge is -2.34. The number of hydrogen-bond donors (Lipinski definition) is 2. The van der Waals surface area contributed by atoms with Crippen molar-refractivity contribution in [3.05, 3.63) is 66.1 Å². The van der Waals surface area contributed by atoms with E-state index in [2.05, 4.69) is 10.3 Å². The smallest absolute Gasteiger partial charge is 0.303 e. The summed E-state index contributed by atoms with van der Waals surface area (Å²) in [7, 11) is -2.38. The van der Waals surface area contributed by atoms with Crippen LogP contribution >= 0.6 is 0 Å². The summed E-state index contributed by atoms with van der Waals surface area (Å²) in [6.45, 7) is 0.971. The van der Waals surface area contributed by atoms with Gasteiger partial charge in [-0.3, -0.25) is 9.10 Å². The molecule has 32 heavy (non-hydrogen) atoms. The molecule has 1 saturated heterocycles. The summed E-state index contributed by atoms with van der Waals surface area (Å²) in [6.07, 6.45) is 3.90. The molecule has 0 aliphatic carbocycles. The fourth-order valence-corrected chi connectivity index (χ4v) is 5.59.